The number of rotatable bonds is 2. The summed E-state index contributed by atoms with van der Waals surface area (Å²) in [5.74, 6) is 0.0340. The molecular formula is C20H17ClN2O. The van der Waals surface area contributed by atoms with Crippen LogP contribution in [0.1, 0.15) is 22.3 Å². The number of amides is 1. The number of hydrogen-bond acceptors (Lipinski definition) is 1. The predicted octanol–water partition coefficient (Wildman–Crippen LogP) is 4.75. The van der Waals surface area contributed by atoms with E-state index in [0.717, 1.165) is 18.5 Å². The summed E-state index contributed by atoms with van der Waals surface area (Å²) in [4.78, 5) is 17.8. The van der Waals surface area contributed by atoms with E-state index < -0.39 is 0 Å². The van der Waals surface area contributed by atoms with E-state index in [-0.39, 0.29) is 5.91 Å². The van der Waals surface area contributed by atoms with Gasteiger partial charge in [0.1, 0.15) is 0 Å². The SMILES string of the molecule is O=C(c1cccc(Cl)c1)N1CC=C(c2c[nH]c3ccccc23)CC1. The molecule has 0 spiro atoms. The maximum Gasteiger partial charge on any atom is 0.254 e. The lowest BCUT2D eigenvalue weighted by molar-refractivity contribution is 0.0773. The van der Waals surface area contributed by atoms with Crippen LogP contribution in [0.4, 0.5) is 0 Å². The first-order valence-corrected chi connectivity index (χ1v) is 8.40. The number of para-hydroxylation sites is 1. The van der Waals surface area contributed by atoms with E-state index in [0.29, 0.717) is 17.1 Å². The van der Waals surface area contributed by atoms with Crippen molar-refractivity contribution in [2.45, 2.75) is 6.42 Å². The van der Waals surface area contributed by atoms with Crippen molar-refractivity contribution in [2.24, 2.45) is 0 Å². The van der Waals surface area contributed by atoms with Crippen molar-refractivity contribution in [3.63, 3.8) is 0 Å². The lowest BCUT2D eigenvalue weighted by Gasteiger charge is -2.26. The standard InChI is InChI=1S/C20H17ClN2O/c21-16-5-3-4-15(12-16)20(24)23-10-8-14(9-11-23)18-13-22-19-7-2-1-6-17(18)19/h1-8,12-13,22H,9-11H2. The third kappa shape index (κ3) is 2.72. The smallest absolute Gasteiger partial charge is 0.254 e. The van der Waals surface area contributed by atoms with Gasteiger partial charge in [0.15, 0.2) is 0 Å². The van der Waals surface area contributed by atoms with E-state index in [9.17, 15) is 4.79 Å². The first-order valence-electron chi connectivity index (χ1n) is 8.03. The van der Waals surface area contributed by atoms with Crippen LogP contribution in [-0.2, 0) is 0 Å². The van der Waals surface area contributed by atoms with Gasteiger partial charge in [0.05, 0.1) is 0 Å². The predicted molar refractivity (Wildman–Crippen MR) is 98.2 cm³/mol. The maximum absolute atomic E-state index is 12.6. The lowest BCUT2D eigenvalue weighted by Crippen LogP contribution is -2.34. The molecule has 4 heteroatoms. The Bertz CT molecular complexity index is 941. The Balaban J connectivity index is 1.56. The van der Waals surface area contributed by atoms with Crippen molar-refractivity contribution >= 4 is 34.0 Å². The first-order chi connectivity index (χ1) is 11.7. The number of halogens is 1. The highest BCUT2D eigenvalue weighted by molar-refractivity contribution is 6.30. The molecule has 4 rings (SSSR count). The van der Waals surface area contributed by atoms with Gasteiger partial charge >= 0.3 is 0 Å². The number of carbonyl (C=O) groups excluding carboxylic acids is 1. The molecule has 3 nitrogen and oxygen atoms in total. The highest BCUT2D eigenvalue weighted by Crippen LogP contribution is 2.29. The molecule has 120 valence electrons. The molecular weight excluding hydrogens is 320 g/mol. The van der Waals surface area contributed by atoms with Gasteiger partial charge in [-0.25, -0.2) is 0 Å². The van der Waals surface area contributed by atoms with Crippen molar-refractivity contribution in [3.05, 3.63) is 77.0 Å². The van der Waals surface area contributed by atoms with Crippen LogP contribution >= 0.6 is 11.6 Å². The summed E-state index contributed by atoms with van der Waals surface area (Å²) in [6.45, 7) is 1.34. The van der Waals surface area contributed by atoms with Gasteiger partial charge in [-0.05, 0) is 36.3 Å². The van der Waals surface area contributed by atoms with Crippen molar-refractivity contribution < 1.29 is 4.79 Å². The van der Waals surface area contributed by atoms with Crippen LogP contribution in [0.3, 0.4) is 0 Å². The molecule has 3 aromatic rings. The summed E-state index contributed by atoms with van der Waals surface area (Å²) < 4.78 is 0. The van der Waals surface area contributed by atoms with Gasteiger partial charge in [-0.3, -0.25) is 4.79 Å². The van der Waals surface area contributed by atoms with E-state index in [1.54, 1.807) is 12.1 Å². The van der Waals surface area contributed by atoms with Gasteiger partial charge in [-0.1, -0.05) is 41.9 Å². The largest absolute Gasteiger partial charge is 0.361 e. The van der Waals surface area contributed by atoms with E-state index in [1.165, 1.54) is 16.5 Å². The zero-order chi connectivity index (χ0) is 16.5. The molecule has 1 aromatic heterocycles. The molecule has 0 fully saturated rings. The molecule has 1 N–H and O–H groups in total. The molecule has 1 aliphatic heterocycles. The number of carbonyl (C=O) groups is 1. The second-order valence-corrected chi connectivity index (χ2v) is 6.43. The van der Waals surface area contributed by atoms with Crippen molar-refractivity contribution in [2.75, 3.05) is 13.1 Å². The van der Waals surface area contributed by atoms with Crippen LogP contribution in [0.5, 0.6) is 0 Å². The van der Waals surface area contributed by atoms with E-state index in [2.05, 4.69) is 35.5 Å². The van der Waals surface area contributed by atoms with Crippen molar-refractivity contribution in [1.29, 1.82) is 0 Å². The molecule has 0 unspecified atom stereocenters. The number of hydrogen-bond donors (Lipinski definition) is 1. The average Bonchev–Trinajstić information content (AvgIpc) is 3.05. The minimum atomic E-state index is 0.0340. The number of H-pyrrole nitrogens is 1. The zero-order valence-electron chi connectivity index (χ0n) is 13.1. The third-order valence-electron chi connectivity index (χ3n) is 4.50. The summed E-state index contributed by atoms with van der Waals surface area (Å²) in [5.41, 5.74) is 4.32. The van der Waals surface area contributed by atoms with Gasteiger partial charge in [0.25, 0.3) is 5.91 Å². The second-order valence-electron chi connectivity index (χ2n) is 5.99. The number of aromatic amines is 1. The van der Waals surface area contributed by atoms with Crippen LogP contribution in [0.25, 0.3) is 16.5 Å². The Kier molecular flexibility index (Phi) is 3.87. The monoisotopic (exact) mass is 336 g/mol. The number of aromatic nitrogens is 1. The molecule has 0 radical (unpaired) electrons. The lowest BCUT2D eigenvalue weighted by atomic mass is 9.98. The Labute approximate surface area is 145 Å². The van der Waals surface area contributed by atoms with E-state index in [4.69, 9.17) is 11.6 Å². The second kappa shape index (κ2) is 6.17. The summed E-state index contributed by atoms with van der Waals surface area (Å²) >= 11 is 5.99. The Morgan fingerprint density at radius 3 is 2.79 bits per heavy atom. The summed E-state index contributed by atoms with van der Waals surface area (Å²) in [7, 11) is 0. The summed E-state index contributed by atoms with van der Waals surface area (Å²) in [5, 5.41) is 1.83. The first kappa shape index (κ1) is 15.0. The molecule has 1 aliphatic rings. The Morgan fingerprint density at radius 2 is 2.00 bits per heavy atom. The van der Waals surface area contributed by atoms with Gasteiger partial charge in [-0.15, -0.1) is 0 Å². The molecule has 0 aliphatic carbocycles. The summed E-state index contributed by atoms with van der Waals surface area (Å²) in [6.07, 6.45) is 5.07. The third-order valence-corrected chi connectivity index (χ3v) is 4.74. The van der Waals surface area contributed by atoms with Crippen molar-refractivity contribution in [3.8, 4) is 0 Å². The van der Waals surface area contributed by atoms with Crippen molar-refractivity contribution in [1.82, 2.24) is 9.88 Å². The normalized spacial score (nSPS) is 14.7. The highest BCUT2D eigenvalue weighted by atomic mass is 35.5. The Hall–Kier alpha value is -2.52. The fourth-order valence-electron chi connectivity index (χ4n) is 3.24. The van der Waals surface area contributed by atoms with Gasteiger partial charge in [0.2, 0.25) is 0 Å². The number of nitrogens with one attached hydrogen (secondary N) is 1. The fourth-order valence-corrected chi connectivity index (χ4v) is 3.43. The van der Waals surface area contributed by atoms with Crippen LogP contribution < -0.4 is 0 Å². The number of fused-ring (bicyclic) bond motifs is 1. The van der Waals surface area contributed by atoms with Crippen LogP contribution in [0, 0.1) is 0 Å². The molecule has 0 saturated heterocycles. The topological polar surface area (TPSA) is 36.1 Å². The van der Waals surface area contributed by atoms with Crippen LogP contribution in [-0.4, -0.2) is 28.9 Å². The minimum absolute atomic E-state index is 0.0340. The molecule has 0 saturated carbocycles. The molecule has 1 amide bonds. The molecule has 2 aromatic carbocycles. The average molecular weight is 337 g/mol. The summed E-state index contributed by atoms with van der Waals surface area (Å²) in [6, 6.07) is 15.4. The van der Waals surface area contributed by atoms with Gasteiger partial charge in [-0.2, -0.15) is 0 Å². The molecule has 24 heavy (non-hydrogen) atoms. The number of benzene rings is 2. The highest BCUT2D eigenvalue weighted by Gasteiger charge is 2.20. The molecule has 0 bridgehead atoms. The number of nitrogens with zero attached hydrogens (tertiary/aromatic N) is 1. The van der Waals surface area contributed by atoms with Crippen LogP contribution in [0.15, 0.2) is 60.8 Å². The minimum Gasteiger partial charge on any atom is -0.361 e. The fraction of sp³-hybridized carbons (Fsp3) is 0.150. The van der Waals surface area contributed by atoms with E-state index in [1.807, 2.05) is 23.1 Å². The van der Waals surface area contributed by atoms with Crippen LogP contribution in [0.2, 0.25) is 5.02 Å². The quantitative estimate of drug-likeness (QED) is 0.720. The molecule has 0 atom stereocenters. The zero-order valence-corrected chi connectivity index (χ0v) is 13.9. The van der Waals surface area contributed by atoms with E-state index >= 15 is 0 Å². The van der Waals surface area contributed by atoms with Gasteiger partial charge in [0, 0.05) is 46.3 Å². The molecule has 2 heterocycles. The van der Waals surface area contributed by atoms with Gasteiger partial charge < -0.3 is 9.88 Å². The Morgan fingerprint density at radius 1 is 1.12 bits per heavy atom. The maximum atomic E-state index is 12.6.